The van der Waals surface area contributed by atoms with Gasteiger partial charge in [-0.15, -0.1) is 0 Å². The first kappa shape index (κ1) is 12.3. The Bertz CT molecular complexity index is 333. The van der Waals surface area contributed by atoms with Crippen LogP contribution in [-0.4, -0.2) is 6.43 Å². The van der Waals surface area contributed by atoms with Gasteiger partial charge in [0.05, 0.1) is 0 Å². The van der Waals surface area contributed by atoms with E-state index >= 15 is 0 Å². The minimum Gasteiger partial charge on any atom is -0.324 e. The third-order valence-corrected chi connectivity index (χ3v) is 2.06. The SMILES string of the molecule is N[C@@H](CC(F)F)c1c(F)cc(Cl)cc1F. The predicted molar refractivity (Wildman–Crippen MR) is 48.9 cm³/mol. The van der Waals surface area contributed by atoms with Crippen LogP contribution in [0, 0.1) is 11.6 Å². The first-order valence-corrected chi connectivity index (χ1v) is 4.47. The van der Waals surface area contributed by atoms with Gasteiger partial charge < -0.3 is 5.73 Å². The maximum atomic E-state index is 13.2. The summed E-state index contributed by atoms with van der Waals surface area (Å²) < 4.78 is 50.3. The predicted octanol–water partition coefficient (Wildman–Crippen LogP) is 3.27. The highest BCUT2D eigenvalue weighted by atomic mass is 35.5. The number of benzene rings is 1. The molecule has 15 heavy (non-hydrogen) atoms. The molecule has 0 saturated heterocycles. The highest BCUT2D eigenvalue weighted by Gasteiger charge is 2.20. The zero-order valence-corrected chi connectivity index (χ0v) is 8.24. The van der Waals surface area contributed by atoms with Crippen LogP contribution >= 0.6 is 11.6 Å². The van der Waals surface area contributed by atoms with Gasteiger partial charge in [0.25, 0.3) is 0 Å². The van der Waals surface area contributed by atoms with Crippen molar-refractivity contribution in [3.63, 3.8) is 0 Å². The van der Waals surface area contributed by atoms with Crippen LogP contribution in [-0.2, 0) is 0 Å². The van der Waals surface area contributed by atoms with Crippen LogP contribution in [0.25, 0.3) is 0 Å². The fourth-order valence-corrected chi connectivity index (χ4v) is 1.41. The van der Waals surface area contributed by atoms with Gasteiger partial charge in [0.15, 0.2) is 0 Å². The average Bonchev–Trinajstić information content (AvgIpc) is 1.99. The van der Waals surface area contributed by atoms with Crippen molar-refractivity contribution in [2.75, 3.05) is 0 Å². The summed E-state index contributed by atoms with van der Waals surface area (Å²) in [7, 11) is 0. The molecule has 84 valence electrons. The van der Waals surface area contributed by atoms with E-state index in [1.165, 1.54) is 0 Å². The Morgan fingerprint density at radius 2 is 1.67 bits per heavy atom. The van der Waals surface area contributed by atoms with E-state index in [1.807, 2.05) is 0 Å². The molecule has 2 N–H and O–H groups in total. The standard InChI is InChI=1S/C9H8ClF4N/c10-4-1-5(11)9(6(12)2-4)7(15)3-8(13)14/h1-2,7-8H,3,15H2/t7-/m0/s1. The molecule has 1 rings (SSSR count). The van der Waals surface area contributed by atoms with Crippen molar-refractivity contribution in [2.45, 2.75) is 18.9 Å². The van der Waals surface area contributed by atoms with Crippen molar-refractivity contribution in [3.05, 3.63) is 34.4 Å². The van der Waals surface area contributed by atoms with Crippen LogP contribution in [0.1, 0.15) is 18.0 Å². The molecule has 6 heteroatoms. The van der Waals surface area contributed by atoms with Gasteiger partial charge in [-0.25, -0.2) is 17.6 Å². The second-order valence-electron chi connectivity index (χ2n) is 3.02. The lowest BCUT2D eigenvalue weighted by molar-refractivity contribution is 0.127. The molecule has 1 aromatic carbocycles. The fraction of sp³-hybridized carbons (Fsp3) is 0.333. The molecule has 0 spiro atoms. The van der Waals surface area contributed by atoms with Gasteiger partial charge in [-0.05, 0) is 12.1 Å². The Morgan fingerprint density at radius 3 is 2.07 bits per heavy atom. The summed E-state index contributed by atoms with van der Waals surface area (Å²) in [6, 6.07) is 0.304. The van der Waals surface area contributed by atoms with Gasteiger partial charge in [0.2, 0.25) is 6.43 Å². The largest absolute Gasteiger partial charge is 0.324 e. The normalized spacial score (nSPS) is 13.3. The Balaban J connectivity index is 3.03. The molecular weight excluding hydrogens is 234 g/mol. The van der Waals surface area contributed by atoms with E-state index in [2.05, 4.69) is 0 Å². The lowest BCUT2D eigenvalue weighted by atomic mass is 10.0. The Morgan fingerprint density at radius 1 is 1.20 bits per heavy atom. The van der Waals surface area contributed by atoms with E-state index in [0.717, 1.165) is 12.1 Å². The molecule has 0 aliphatic heterocycles. The number of halogens is 5. The fourth-order valence-electron chi connectivity index (χ4n) is 1.22. The van der Waals surface area contributed by atoms with Gasteiger partial charge in [-0.1, -0.05) is 11.6 Å². The second-order valence-corrected chi connectivity index (χ2v) is 3.45. The van der Waals surface area contributed by atoms with Crippen LogP contribution < -0.4 is 5.73 Å². The average molecular weight is 242 g/mol. The summed E-state index contributed by atoms with van der Waals surface area (Å²) in [4.78, 5) is 0. The monoisotopic (exact) mass is 241 g/mol. The topological polar surface area (TPSA) is 26.0 Å². The molecule has 0 aliphatic rings. The number of alkyl halides is 2. The zero-order chi connectivity index (χ0) is 11.6. The summed E-state index contributed by atoms with van der Waals surface area (Å²) in [6.45, 7) is 0. The smallest absolute Gasteiger partial charge is 0.240 e. The summed E-state index contributed by atoms with van der Waals surface area (Å²) >= 11 is 5.36. The van der Waals surface area contributed by atoms with Gasteiger partial charge in [-0.2, -0.15) is 0 Å². The minimum atomic E-state index is -2.71. The third kappa shape index (κ3) is 3.07. The molecule has 1 aromatic rings. The molecule has 0 radical (unpaired) electrons. The van der Waals surface area contributed by atoms with E-state index in [4.69, 9.17) is 17.3 Å². The Hall–Kier alpha value is -0.810. The van der Waals surface area contributed by atoms with Gasteiger partial charge in [0.1, 0.15) is 11.6 Å². The molecule has 0 heterocycles. The molecule has 0 aliphatic carbocycles. The summed E-state index contributed by atoms with van der Waals surface area (Å²) in [5, 5.41) is -0.141. The van der Waals surface area contributed by atoms with E-state index in [1.54, 1.807) is 0 Å². The first-order valence-electron chi connectivity index (χ1n) is 4.10. The van der Waals surface area contributed by atoms with Crippen molar-refractivity contribution in [1.29, 1.82) is 0 Å². The van der Waals surface area contributed by atoms with E-state index in [-0.39, 0.29) is 5.02 Å². The number of rotatable bonds is 3. The Labute approximate surface area is 88.8 Å². The van der Waals surface area contributed by atoms with E-state index < -0.39 is 36.1 Å². The van der Waals surface area contributed by atoms with Crippen LogP contribution in [0.2, 0.25) is 5.02 Å². The quantitative estimate of drug-likeness (QED) is 0.808. The van der Waals surface area contributed by atoms with Gasteiger partial charge in [0, 0.05) is 23.0 Å². The molecule has 0 unspecified atom stereocenters. The molecule has 0 saturated carbocycles. The lowest BCUT2D eigenvalue weighted by Gasteiger charge is -2.13. The van der Waals surface area contributed by atoms with Crippen LogP contribution in [0.15, 0.2) is 12.1 Å². The highest BCUT2D eigenvalue weighted by molar-refractivity contribution is 6.30. The Kier molecular flexibility index (Phi) is 3.93. The van der Waals surface area contributed by atoms with Crippen molar-refractivity contribution in [3.8, 4) is 0 Å². The van der Waals surface area contributed by atoms with Gasteiger partial charge in [-0.3, -0.25) is 0 Å². The minimum absolute atomic E-state index is 0.141. The lowest BCUT2D eigenvalue weighted by Crippen LogP contribution is -2.17. The van der Waals surface area contributed by atoms with E-state index in [9.17, 15) is 17.6 Å². The highest BCUT2D eigenvalue weighted by Crippen LogP contribution is 2.26. The first-order chi connectivity index (χ1) is 6.91. The molecular formula is C9H8ClF4N. The van der Waals surface area contributed by atoms with Crippen molar-refractivity contribution < 1.29 is 17.6 Å². The van der Waals surface area contributed by atoms with E-state index in [0.29, 0.717) is 0 Å². The molecule has 0 aromatic heterocycles. The van der Waals surface area contributed by atoms with Crippen LogP contribution in [0.5, 0.6) is 0 Å². The summed E-state index contributed by atoms with van der Waals surface area (Å²) in [5.41, 5.74) is 4.69. The molecule has 1 atom stereocenters. The number of hydrogen-bond acceptors (Lipinski definition) is 1. The van der Waals surface area contributed by atoms with Crippen molar-refractivity contribution in [1.82, 2.24) is 0 Å². The zero-order valence-electron chi connectivity index (χ0n) is 7.48. The van der Waals surface area contributed by atoms with Gasteiger partial charge >= 0.3 is 0 Å². The van der Waals surface area contributed by atoms with Crippen LogP contribution in [0.3, 0.4) is 0 Å². The van der Waals surface area contributed by atoms with Crippen molar-refractivity contribution >= 4 is 11.6 Å². The third-order valence-electron chi connectivity index (χ3n) is 1.85. The molecule has 0 fully saturated rings. The summed E-state index contributed by atoms with van der Waals surface area (Å²) in [6.07, 6.45) is -3.51. The summed E-state index contributed by atoms with van der Waals surface area (Å²) in [5.74, 6) is -2.01. The number of nitrogens with two attached hydrogens (primary N) is 1. The van der Waals surface area contributed by atoms with Crippen molar-refractivity contribution in [2.24, 2.45) is 5.73 Å². The molecule has 0 bridgehead atoms. The maximum Gasteiger partial charge on any atom is 0.240 e. The second kappa shape index (κ2) is 4.81. The maximum absolute atomic E-state index is 13.2. The number of hydrogen-bond donors (Lipinski definition) is 1. The molecule has 1 nitrogen and oxygen atoms in total. The molecule has 0 amide bonds. The van der Waals surface area contributed by atoms with Crippen LogP contribution in [0.4, 0.5) is 17.6 Å².